The molecule has 2 rings (SSSR count). The molecule has 0 spiro atoms. The maximum atomic E-state index is 12.1. The first-order valence-electron chi connectivity index (χ1n) is 6.85. The van der Waals surface area contributed by atoms with Gasteiger partial charge in [-0.25, -0.2) is 8.42 Å². The van der Waals surface area contributed by atoms with Gasteiger partial charge in [-0.1, -0.05) is 19.1 Å². The van der Waals surface area contributed by atoms with Crippen molar-refractivity contribution >= 4 is 15.5 Å². The number of nitrogens with two attached hydrogens (primary N) is 1. The lowest BCUT2D eigenvalue weighted by atomic mass is 10.1. The molecule has 0 radical (unpaired) electrons. The highest BCUT2D eigenvalue weighted by Crippen LogP contribution is 2.31. The minimum absolute atomic E-state index is 0.143. The van der Waals surface area contributed by atoms with Crippen LogP contribution in [0.25, 0.3) is 0 Å². The zero-order valence-corrected chi connectivity index (χ0v) is 12.2. The summed E-state index contributed by atoms with van der Waals surface area (Å²) < 4.78 is 24.3. The zero-order chi connectivity index (χ0) is 13.9. The molecule has 4 nitrogen and oxygen atoms in total. The van der Waals surface area contributed by atoms with E-state index in [2.05, 4.69) is 4.90 Å². The Hall–Kier alpha value is -1.07. The lowest BCUT2D eigenvalue weighted by Crippen LogP contribution is -2.23. The minimum Gasteiger partial charge on any atom is -0.370 e. The standard InChI is InChI=1S/C14H22N2O2S/c1-2-19(17,18)14-6-4-3-5-13(14)16-10-8-12(11-16)7-9-15/h3-6,12H,2,7-11,15H2,1H3. The van der Waals surface area contributed by atoms with E-state index in [9.17, 15) is 8.42 Å². The van der Waals surface area contributed by atoms with Gasteiger partial charge in [-0.15, -0.1) is 0 Å². The largest absolute Gasteiger partial charge is 0.370 e. The second kappa shape index (κ2) is 5.92. The summed E-state index contributed by atoms with van der Waals surface area (Å²) in [6.45, 7) is 4.22. The van der Waals surface area contributed by atoms with Gasteiger partial charge in [0, 0.05) is 13.1 Å². The van der Waals surface area contributed by atoms with Gasteiger partial charge in [0.15, 0.2) is 9.84 Å². The maximum Gasteiger partial charge on any atom is 0.180 e. The number of benzene rings is 1. The molecule has 1 aromatic rings. The topological polar surface area (TPSA) is 63.4 Å². The van der Waals surface area contributed by atoms with Crippen LogP contribution in [-0.4, -0.2) is 33.8 Å². The predicted molar refractivity (Wildman–Crippen MR) is 78.2 cm³/mol. The number of hydrogen-bond acceptors (Lipinski definition) is 4. The predicted octanol–water partition coefficient (Wildman–Crippen LogP) is 1.66. The number of rotatable bonds is 5. The third kappa shape index (κ3) is 3.09. The molecule has 2 N–H and O–H groups in total. The lowest BCUT2D eigenvalue weighted by Gasteiger charge is -2.21. The number of anilines is 1. The van der Waals surface area contributed by atoms with Crippen LogP contribution in [0.4, 0.5) is 5.69 Å². The molecule has 0 amide bonds. The zero-order valence-electron chi connectivity index (χ0n) is 11.4. The van der Waals surface area contributed by atoms with Crippen LogP contribution in [0, 0.1) is 5.92 Å². The molecule has 1 heterocycles. The molecule has 5 heteroatoms. The average Bonchev–Trinajstić information content (AvgIpc) is 2.88. The molecule has 0 aromatic heterocycles. The summed E-state index contributed by atoms with van der Waals surface area (Å²) in [6, 6.07) is 7.32. The van der Waals surface area contributed by atoms with Crippen molar-refractivity contribution in [3.8, 4) is 0 Å². The Morgan fingerprint density at radius 1 is 1.37 bits per heavy atom. The molecule has 1 aliphatic heterocycles. The van der Waals surface area contributed by atoms with E-state index in [1.165, 1.54) is 0 Å². The quantitative estimate of drug-likeness (QED) is 0.892. The summed E-state index contributed by atoms with van der Waals surface area (Å²) in [4.78, 5) is 2.65. The lowest BCUT2D eigenvalue weighted by molar-refractivity contribution is 0.546. The smallest absolute Gasteiger partial charge is 0.180 e. The summed E-state index contributed by atoms with van der Waals surface area (Å²) in [5.74, 6) is 0.728. The van der Waals surface area contributed by atoms with E-state index in [0.29, 0.717) is 17.4 Å². The second-order valence-electron chi connectivity index (χ2n) is 5.05. The third-order valence-electron chi connectivity index (χ3n) is 3.78. The molecule has 1 saturated heterocycles. The minimum atomic E-state index is -3.16. The van der Waals surface area contributed by atoms with Crippen molar-refractivity contribution in [2.24, 2.45) is 11.7 Å². The fourth-order valence-electron chi connectivity index (χ4n) is 2.66. The van der Waals surface area contributed by atoms with E-state index in [4.69, 9.17) is 5.73 Å². The van der Waals surface area contributed by atoms with Gasteiger partial charge < -0.3 is 10.6 Å². The van der Waals surface area contributed by atoms with Gasteiger partial charge in [0.2, 0.25) is 0 Å². The van der Waals surface area contributed by atoms with Gasteiger partial charge in [0.25, 0.3) is 0 Å². The number of para-hydroxylation sites is 1. The second-order valence-corrected chi connectivity index (χ2v) is 7.30. The van der Waals surface area contributed by atoms with Gasteiger partial charge in [-0.2, -0.15) is 0 Å². The van der Waals surface area contributed by atoms with E-state index in [-0.39, 0.29) is 5.75 Å². The Labute approximate surface area is 115 Å². The molecule has 0 saturated carbocycles. The van der Waals surface area contributed by atoms with E-state index < -0.39 is 9.84 Å². The molecule has 19 heavy (non-hydrogen) atoms. The number of sulfone groups is 1. The highest BCUT2D eigenvalue weighted by atomic mass is 32.2. The Morgan fingerprint density at radius 2 is 2.11 bits per heavy atom. The monoisotopic (exact) mass is 282 g/mol. The Kier molecular flexibility index (Phi) is 4.47. The molecule has 1 aliphatic rings. The van der Waals surface area contributed by atoms with Gasteiger partial charge >= 0.3 is 0 Å². The first kappa shape index (κ1) is 14.3. The first-order valence-corrected chi connectivity index (χ1v) is 8.50. The molecule has 0 aliphatic carbocycles. The van der Waals surface area contributed by atoms with Crippen molar-refractivity contribution in [1.29, 1.82) is 0 Å². The van der Waals surface area contributed by atoms with Gasteiger partial charge in [0.05, 0.1) is 16.3 Å². The molecule has 1 atom stereocenters. The van der Waals surface area contributed by atoms with Crippen LogP contribution in [0.5, 0.6) is 0 Å². The molecule has 1 unspecified atom stereocenters. The molecule has 0 bridgehead atoms. The summed E-state index contributed by atoms with van der Waals surface area (Å²) in [5, 5.41) is 0. The normalized spacial score (nSPS) is 19.9. The molecular weight excluding hydrogens is 260 g/mol. The van der Waals surface area contributed by atoms with Crippen molar-refractivity contribution < 1.29 is 8.42 Å². The van der Waals surface area contributed by atoms with Crippen LogP contribution < -0.4 is 10.6 Å². The van der Waals surface area contributed by atoms with Crippen LogP contribution in [-0.2, 0) is 9.84 Å². The van der Waals surface area contributed by atoms with E-state index in [0.717, 1.165) is 31.6 Å². The molecule has 1 aromatic carbocycles. The van der Waals surface area contributed by atoms with Crippen molar-refractivity contribution in [2.75, 3.05) is 30.3 Å². The van der Waals surface area contributed by atoms with Crippen molar-refractivity contribution in [1.82, 2.24) is 0 Å². The average molecular weight is 282 g/mol. The molecule has 106 valence electrons. The van der Waals surface area contributed by atoms with Crippen molar-refractivity contribution in [3.05, 3.63) is 24.3 Å². The van der Waals surface area contributed by atoms with Gasteiger partial charge in [0.1, 0.15) is 0 Å². The summed E-state index contributed by atoms with van der Waals surface area (Å²) in [5.41, 5.74) is 6.45. The van der Waals surface area contributed by atoms with E-state index in [1.54, 1.807) is 19.1 Å². The fourth-order valence-corrected chi connectivity index (χ4v) is 3.77. The summed E-state index contributed by atoms with van der Waals surface area (Å²) >= 11 is 0. The SMILES string of the molecule is CCS(=O)(=O)c1ccccc1N1CCC(CCN)C1. The maximum absolute atomic E-state index is 12.1. The Bertz CT molecular complexity index is 528. The number of nitrogens with zero attached hydrogens (tertiary/aromatic N) is 1. The Balaban J connectivity index is 2.27. The van der Waals surface area contributed by atoms with Crippen LogP contribution in [0.3, 0.4) is 0 Å². The highest BCUT2D eigenvalue weighted by molar-refractivity contribution is 7.91. The Morgan fingerprint density at radius 3 is 2.79 bits per heavy atom. The molecular formula is C14H22N2O2S. The van der Waals surface area contributed by atoms with Crippen molar-refractivity contribution in [2.45, 2.75) is 24.7 Å². The number of hydrogen-bond donors (Lipinski definition) is 1. The van der Waals surface area contributed by atoms with Crippen LogP contribution >= 0.6 is 0 Å². The van der Waals surface area contributed by atoms with Crippen molar-refractivity contribution in [3.63, 3.8) is 0 Å². The third-order valence-corrected chi connectivity index (χ3v) is 5.56. The summed E-state index contributed by atoms with van der Waals surface area (Å²) in [6.07, 6.45) is 2.11. The molecule has 1 fully saturated rings. The summed E-state index contributed by atoms with van der Waals surface area (Å²) in [7, 11) is -3.16. The fraction of sp³-hybridized carbons (Fsp3) is 0.571. The van der Waals surface area contributed by atoms with Crippen LogP contribution in [0.15, 0.2) is 29.2 Å². The van der Waals surface area contributed by atoms with E-state index in [1.807, 2.05) is 12.1 Å². The van der Waals surface area contributed by atoms with Crippen LogP contribution in [0.1, 0.15) is 19.8 Å². The van der Waals surface area contributed by atoms with Gasteiger partial charge in [-0.3, -0.25) is 0 Å². The van der Waals surface area contributed by atoms with Crippen LogP contribution in [0.2, 0.25) is 0 Å². The van der Waals surface area contributed by atoms with E-state index >= 15 is 0 Å². The first-order chi connectivity index (χ1) is 9.08. The van der Waals surface area contributed by atoms with Gasteiger partial charge in [-0.05, 0) is 37.4 Å². The highest BCUT2D eigenvalue weighted by Gasteiger charge is 2.26.